The van der Waals surface area contributed by atoms with Crippen molar-refractivity contribution >= 4 is 51.1 Å². The molecule has 5 rings (SSSR count). The number of rotatable bonds is 10. The molecule has 2 heterocycles. The maximum atomic E-state index is 13.5. The molecule has 3 aromatic carbocycles. The summed E-state index contributed by atoms with van der Waals surface area (Å²) < 4.78 is 33.1. The number of hydrogen-bond acceptors (Lipinski definition) is 10. The van der Waals surface area contributed by atoms with Crippen LogP contribution in [0.2, 0.25) is 5.02 Å². The first-order valence-electron chi connectivity index (χ1n) is 14.1. The van der Waals surface area contributed by atoms with Gasteiger partial charge in [0.15, 0.2) is 0 Å². The van der Waals surface area contributed by atoms with E-state index in [0.29, 0.717) is 47.3 Å². The number of piperazine rings is 1. The fraction of sp³-hybridized carbons (Fsp3) is 0.267. The van der Waals surface area contributed by atoms with Crippen LogP contribution in [-0.2, 0) is 29.9 Å². The van der Waals surface area contributed by atoms with Gasteiger partial charge < -0.3 is 15.4 Å². The van der Waals surface area contributed by atoms with Crippen LogP contribution in [0.15, 0.2) is 77.7 Å². The molecule has 0 aliphatic carbocycles. The maximum Gasteiger partial charge on any atom is 0.328 e. The van der Waals surface area contributed by atoms with Crippen LogP contribution < -0.4 is 30.7 Å². The van der Waals surface area contributed by atoms with Gasteiger partial charge in [-0.1, -0.05) is 23.7 Å². The Labute approximate surface area is 264 Å². The Balaban J connectivity index is 1.32. The van der Waals surface area contributed by atoms with Crippen LogP contribution in [-0.4, -0.2) is 69.8 Å². The number of hydrogen-bond donors (Lipinski definition) is 4. The predicted molar refractivity (Wildman–Crippen MR) is 165 cm³/mol. The van der Waals surface area contributed by atoms with Crippen molar-refractivity contribution in [2.75, 3.05) is 37.6 Å². The van der Waals surface area contributed by atoms with Crippen molar-refractivity contribution in [3.63, 3.8) is 0 Å². The van der Waals surface area contributed by atoms with Gasteiger partial charge in [0, 0.05) is 43.3 Å². The Morgan fingerprint density at radius 1 is 0.867 bits per heavy atom. The molecule has 5 N–H and O–H groups in total. The predicted octanol–water partition coefficient (Wildman–Crippen LogP) is 2.06. The number of nitrogens with two attached hydrogens (primary N) is 1. The van der Waals surface area contributed by atoms with Gasteiger partial charge in [-0.2, -0.15) is 0 Å². The maximum absolute atomic E-state index is 13.5. The van der Waals surface area contributed by atoms with E-state index in [1.807, 2.05) is 9.62 Å². The van der Waals surface area contributed by atoms with E-state index < -0.39 is 39.3 Å². The van der Waals surface area contributed by atoms with Crippen molar-refractivity contribution in [1.82, 2.24) is 20.3 Å². The minimum Gasteiger partial charge on any atom is -0.457 e. The lowest BCUT2D eigenvalue weighted by Gasteiger charge is -2.47. The zero-order chi connectivity index (χ0) is 32.2. The average molecular weight is 655 g/mol. The molecule has 2 fully saturated rings. The molecule has 0 saturated carbocycles. The van der Waals surface area contributed by atoms with E-state index in [1.54, 1.807) is 65.6 Å². The SMILES string of the molecule is NCCCC(=O)NS(=O)(=O)c1ccc(N2CCN(C3(c4ccc(Oc5ccc(Cl)cc5)cc4)C(=O)NC(=O)NC3=O)CC2)cc1. The Bertz CT molecular complexity index is 1670. The molecule has 2 saturated heterocycles. The summed E-state index contributed by atoms with van der Waals surface area (Å²) in [6.45, 7) is 1.56. The molecule has 0 unspecified atom stereocenters. The van der Waals surface area contributed by atoms with Gasteiger partial charge in [-0.3, -0.25) is 29.9 Å². The molecule has 0 aromatic heterocycles. The number of urea groups is 1. The highest BCUT2D eigenvalue weighted by Crippen LogP contribution is 2.35. The molecule has 2 aliphatic heterocycles. The molecular formula is C30H31ClN6O7S. The first-order chi connectivity index (χ1) is 21.5. The van der Waals surface area contributed by atoms with Crippen molar-refractivity contribution < 1.29 is 32.3 Å². The number of barbiturate groups is 1. The molecule has 0 atom stereocenters. The van der Waals surface area contributed by atoms with Crippen molar-refractivity contribution in [2.45, 2.75) is 23.3 Å². The highest BCUT2D eigenvalue weighted by molar-refractivity contribution is 7.90. The fourth-order valence-corrected chi connectivity index (χ4v) is 6.45. The molecule has 0 spiro atoms. The van der Waals surface area contributed by atoms with E-state index in [4.69, 9.17) is 22.1 Å². The standard InChI is InChI=1S/C30H31ClN6O7S/c31-21-5-11-24(12-6-21)44-23-9-3-20(4-10-23)30(27(39)33-29(41)34-28(30)40)37-18-16-36(17-19-37)22-7-13-25(14-8-22)45(42,43)35-26(38)2-1-15-32/h3-14H,1-2,15-19,32H2,(H,35,38)(H2,33,34,39,40,41). The van der Waals surface area contributed by atoms with Crippen molar-refractivity contribution in [3.05, 3.63) is 83.4 Å². The molecule has 15 heteroatoms. The third kappa shape index (κ3) is 6.78. The lowest BCUT2D eigenvalue weighted by atomic mass is 9.84. The van der Waals surface area contributed by atoms with Crippen LogP contribution in [0, 0.1) is 0 Å². The zero-order valence-corrected chi connectivity index (χ0v) is 25.6. The zero-order valence-electron chi connectivity index (χ0n) is 24.0. The van der Waals surface area contributed by atoms with Crippen LogP contribution in [0.25, 0.3) is 0 Å². The minimum atomic E-state index is -4.04. The highest BCUT2D eigenvalue weighted by atomic mass is 35.5. The largest absolute Gasteiger partial charge is 0.457 e. The summed E-state index contributed by atoms with van der Waals surface area (Å²) in [5, 5.41) is 5.05. The Kier molecular flexibility index (Phi) is 9.39. The van der Waals surface area contributed by atoms with Gasteiger partial charge in [0.2, 0.25) is 11.4 Å². The second-order valence-electron chi connectivity index (χ2n) is 10.4. The molecule has 0 radical (unpaired) electrons. The first-order valence-corrected chi connectivity index (χ1v) is 16.0. The number of carbonyl (C=O) groups is 4. The smallest absolute Gasteiger partial charge is 0.328 e. The number of halogens is 1. The van der Waals surface area contributed by atoms with Gasteiger partial charge in [0.05, 0.1) is 4.90 Å². The molecule has 5 amide bonds. The summed E-state index contributed by atoms with van der Waals surface area (Å²) in [4.78, 5) is 54.5. The summed E-state index contributed by atoms with van der Waals surface area (Å²) >= 11 is 5.94. The highest BCUT2D eigenvalue weighted by Gasteiger charge is 2.56. The van der Waals surface area contributed by atoms with Crippen LogP contribution >= 0.6 is 11.6 Å². The number of anilines is 1. The van der Waals surface area contributed by atoms with Gasteiger partial charge in [-0.05, 0) is 79.2 Å². The summed E-state index contributed by atoms with van der Waals surface area (Å²) in [5.74, 6) is -1.14. The van der Waals surface area contributed by atoms with E-state index in [2.05, 4.69) is 10.6 Å². The summed E-state index contributed by atoms with van der Waals surface area (Å²) in [5.41, 5.74) is 4.63. The molecule has 2 aliphatic rings. The van der Waals surface area contributed by atoms with E-state index in [9.17, 15) is 27.6 Å². The average Bonchev–Trinajstić information content (AvgIpc) is 3.02. The van der Waals surface area contributed by atoms with E-state index >= 15 is 0 Å². The molecule has 0 bridgehead atoms. The lowest BCUT2D eigenvalue weighted by Crippen LogP contribution is -2.73. The number of benzene rings is 3. The number of sulfonamides is 1. The normalized spacial score (nSPS) is 16.9. The number of ether oxygens (including phenoxy) is 1. The van der Waals surface area contributed by atoms with Gasteiger partial charge in [0.25, 0.3) is 21.8 Å². The number of amides is 5. The third-order valence-electron chi connectivity index (χ3n) is 7.56. The molecule has 13 nitrogen and oxygen atoms in total. The van der Waals surface area contributed by atoms with Gasteiger partial charge >= 0.3 is 6.03 Å². The quantitative estimate of drug-likeness (QED) is 0.236. The molecule has 3 aromatic rings. The van der Waals surface area contributed by atoms with E-state index in [0.717, 1.165) is 0 Å². The Morgan fingerprint density at radius 2 is 1.42 bits per heavy atom. The second-order valence-corrected chi connectivity index (χ2v) is 12.5. The van der Waals surface area contributed by atoms with Crippen molar-refractivity contribution in [2.24, 2.45) is 5.73 Å². The summed E-state index contributed by atoms with van der Waals surface area (Å²) in [6.07, 6.45) is 0.377. The van der Waals surface area contributed by atoms with E-state index in [1.165, 1.54) is 12.1 Å². The van der Waals surface area contributed by atoms with Crippen molar-refractivity contribution in [1.29, 1.82) is 0 Å². The van der Waals surface area contributed by atoms with Gasteiger partial charge in [-0.15, -0.1) is 0 Å². The van der Waals surface area contributed by atoms with Gasteiger partial charge in [0.1, 0.15) is 11.5 Å². The second kappa shape index (κ2) is 13.2. The Hall–Kier alpha value is -4.50. The van der Waals surface area contributed by atoms with Crippen LogP contribution in [0.4, 0.5) is 10.5 Å². The third-order valence-corrected chi connectivity index (χ3v) is 9.20. The number of carbonyl (C=O) groups excluding carboxylic acids is 4. The topological polar surface area (TPSA) is 180 Å². The minimum absolute atomic E-state index is 0.00508. The lowest BCUT2D eigenvalue weighted by molar-refractivity contribution is -0.149. The molecular weight excluding hydrogens is 624 g/mol. The monoisotopic (exact) mass is 654 g/mol. The summed E-state index contributed by atoms with van der Waals surface area (Å²) in [6, 6.07) is 18.5. The van der Waals surface area contributed by atoms with E-state index in [-0.39, 0.29) is 31.0 Å². The van der Waals surface area contributed by atoms with Gasteiger partial charge in [-0.25, -0.2) is 17.9 Å². The molecule has 236 valence electrons. The molecule has 45 heavy (non-hydrogen) atoms. The van der Waals surface area contributed by atoms with Crippen molar-refractivity contribution in [3.8, 4) is 11.5 Å². The summed E-state index contributed by atoms with van der Waals surface area (Å²) in [7, 11) is -4.04. The fourth-order valence-electron chi connectivity index (χ4n) is 5.31. The first kappa shape index (κ1) is 31.9. The number of imide groups is 2. The van der Waals surface area contributed by atoms with Crippen LogP contribution in [0.3, 0.4) is 0 Å². The van der Waals surface area contributed by atoms with Crippen LogP contribution in [0.5, 0.6) is 11.5 Å². The Morgan fingerprint density at radius 3 is 1.98 bits per heavy atom. The van der Waals surface area contributed by atoms with Crippen LogP contribution in [0.1, 0.15) is 18.4 Å². The number of nitrogens with one attached hydrogen (secondary N) is 3. The number of nitrogens with zero attached hydrogens (tertiary/aromatic N) is 2.